The molecule has 0 atom stereocenters. The van der Waals surface area contributed by atoms with E-state index in [0.717, 1.165) is 19.0 Å². The summed E-state index contributed by atoms with van der Waals surface area (Å²) in [6.07, 6.45) is 7.77. The summed E-state index contributed by atoms with van der Waals surface area (Å²) < 4.78 is 5.23. The number of carbonyl (C=O) groups excluding carboxylic acids is 1. The Balaban J connectivity index is 0.00000312. The van der Waals surface area contributed by atoms with Crippen molar-refractivity contribution in [1.29, 1.82) is 0 Å². The third kappa shape index (κ3) is 7.19. The summed E-state index contributed by atoms with van der Waals surface area (Å²) in [5.74, 6) is 0.948. The fourth-order valence-corrected chi connectivity index (χ4v) is 3.81. The maximum absolute atomic E-state index is 11.6. The molecule has 0 bridgehead atoms. The van der Waals surface area contributed by atoms with Crippen LogP contribution in [-0.2, 0) is 4.74 Å². The minimum atomic E-state index is -0.461. The third-order valence-electron chi connectivity index (χ3n) is 4.94. The van der Waals surface area contributed by atoms with Crippen LogP contribution in [-0.4, -0.2) is 55.8 Å². The Morgan fingerprint density at radius 2 is 1.76 bits per heavy atom. The van der Waals surface area contributed by atoms with Gasteiger partial charge in [-0.25, -0.2) is 4.79 Å². The second-order valence-electron chi connectivity index (χ2n) is 8.13. The van der Waals surface area contributed by atoms with Gasteiger partial charge in [-0.1, -0.05) is 19.3 Å². The molecule has 2 fully saturated rings. The Morgan fingerprint density at radius 1 is 1.12 bits per heavy atom. The van der Waals surface area contributed by atoms with Crippen molar-refractivity contribution < 1.29 is 9.53 Å². The zero-order chi connectivity index (χ0) is 17.6. The largest absolute Gasteiger partial charge is 0.444 e. The van der Waals surface area contributed by atoms with E-state index >= 15 is 0 Å². The molecule has 0 aromatic carbocycles. The van der Waals surface area contributed by atoms with Gasteiger partial charge in [-0.05, 0) is 45.4 Å². The second-order valence-corrected chi connectivity index (χ2v) is 8.13. The van der Waals surface area contributed by atoms with Gasteiger partial charge in [0.05, 0.1) is 0 Å². The highest BCUT2D eigenvalue weighted by Gasteiger charge is 2.39. The molecule has 0 aromatic rings. The molecule has 2 aliphatic rings. The van der Waals surface area contributed by atoms with Crippen LogP contribution in [0.25, 0.3) is 0 Å². The van der Waals surface area contributed by atoms with E-state index in [1.807, 2.05) is 27.8 Å². The quantitative estimate of drug-likeness (QED) is 0.290. The average Bonchev–Trinajstić information content (AvgIpc) is 2.89. The number of nitrogens with one attached hydrogen (secondary N) is 2. The lowest BCUT2D eigenvalue weighted by atomic mass is 9.73. The molecule has 2 rings (SSSR count). The first-order chi connectivity index (χ1) is 11.3. The first kappa shape index (κ1) is 22.3. The number of alkyl carbamates (subject to hydrolysis) is 1. The van der Waals surface area contributed by atoms with Gasteiger partial charge in [0.2, 0.25) is 0 Å². The molecule has 1 saturated carbocycles. The summed E-state index contributed by atoms with van der Waals surface area (Å²) in [7, 11) is 1.83. The highest BCUT2D eigenvalue weighted by atomic mass is 127. The van der Waals surface area contributed by atoms with Crippen LogP contribution in [0.4, 0.5) is 4.79 Å². The number of ether oxygens (including phenoxy) is 1. The van der Waals surface area contributed by atoms with Gasteiger partial charge in [-0.3, -0.25) is 4.99 Å². The van der Waals surface area contributed by atoms with Gasteiger partial charge in [-0.2, -0.15) is 0 Å². The van der Waals surface area contributed by atoms with E-state index in [4.69, 9.17) is 4.74 Å². The summed E-state index contributed by atoms with van der Waals surface area (Å²) >= 11 is 0. The van der Waals surface area contributed by atoms with Crippen molar-refractivity contribution in [3.05, 3.63) is 0 Å². The van der Waals surface area contributed by atoms with E-state index in [1.54, 1.807) is 0 Å². The number of nitrogens with zero attached hydrogens (tertiary/aromatic N) is 2. The monoisotopic (exact) mass is 466 g/mol. The van der Waals surface area contributed by atoms with Gasteiger partial charge < -0.3 is 20.3 Å². The van der Waals surface area contributed by atoms with Crippen molar-refractivity contribution >= 4 is 36.0 Å². The molecule has 1 heterocycles. The molecule has 0 unspecified atom stereocenters. The molecular formula is C18H35IN4O2. The molecule has 1 amide bonds. The molecule has 1 spiro atoms. The van der Waals surface area contributed by atoms with Gasteiger partial charge >= 0.3 is 6.09 Å². The number of carbonyl (C=O) groups is 1. The van der Waals surface area contributed by atoms with Crippen LogP contribution in [0.2, 0.25) is 0 Å². The molecule has 25 heavy (non-hydrogen) atoms. The Kier molecular flexibility index (Phi) is 8.77. The average molecular weight is 466 g/mol. The predicted molar refractivity (Wildman–Crippen MR) is 113 cm³/mol. The zero-order valence-electron chi connectivity index (χ0n) is 16.2. The predicted octanol–water partition coefficient (Wildman–Crippen LogP) is 3.36. The summed E-state index contributed by atoms with van der Waals surface area (Å²) in [5, 5.41) is 6.13. The van der Waals surface area contributed by atoms with Crippen molar-refractivity contribution in [2.45, 2.75) is 64.9 Å². The zero-order valence-corrected chi connectivity index (χ0v) is 18.5. The topological polar surface area (TPSA) is 66.0 Å². The Labute approximate surface area is 169 Å². The lowest BCUT2D eigenvalue weighted by molar-refractivity contribution is 0.0529. The number of halogens is 1. The first-order valence-electron chi connectivity index (χ1n) is 9.26. The standard InChI is InChI=1S/C18H34N4O2.HI/c1-17(2,3)24-16(23)21-12-11-20-15(19-4)22-13-10-18(14-22)8-6-5-7-9-18;/h5-14H2,1-4H3,(H,19,20)(H,21,23);1H. The van der Waals surface area contributed by atoms with Crippen molar-refractivity contribution in [3.8, 4) is 0 Å². The Bertz CT molecular complexity index is 456. The molecule has 1 saturated heterocycles. The van der Waals surface area contributed by atoms with Gasteiger partial charge in [0.15, 0.2) is 5.96 Å². The molecule has 0 aromatic heterocycles. The lowest BCUT2D eigenvalue weighted by Gasteiger charge is -2.33. The maximum Gasteiger partial charge on any atom is 0.407 e. The molecule has 1 aliphatic heterocycles. The minimum absolute atomic E-state index is 0. The van der Waals surface area contributed by atoms with E-state index < -0.39 is 5.60 Å². The Hall–Kier alpha value is -0.730. The number of guanidine groups is 1. The molecule has 0 radical (unpaired) electrons. The molecular weight excluding hydrogens is 431 g/mol. The van der Waals surface area contributed by atoms with Crippen LogP contribution in [0.3, 0.4) is 0 Å². The smallest absolute Gasteiger partial charge is 0.407 e. The first-order valence-corrected chi connectivity index (χ1v) is 9.26. The summed E-state index contributed by atoms with van der Waals surface area (Å²) in [4.78, 5) is 18.4. The van der Waals surface area contributed by atoms with Crippen LogP contribution < -0.4 is 10.6 Å². The molecule has 7 heteroatoms. The van der Waals surface area contributed by atoms with Gasteiger partial charge in [0.1, 0.15) is 5.60 Å². The van der Waals surface area contributed by atoms with Crippen LogP contribution >= 0.6 is 24.0 Å². The van der Waals surface area contributed by atoms with E-state index in [1.165, 1.54) is 38.5 Å². The lowest BCUT2D eigenvalue weighted by Crippen LogP contribution is -2.44. The van der Waals surface area contributed by atoms with E-state index in [0.29, 0.717) is 18.5 Å². The second kappa shape index (κ2) is 9.83. The highest BCUT2D eigenvalue weighted by Crippen LogP contribution is 2.43. The van der Waals surface area contributed by atoms with Crippen molar-refractivity contribution in [2.24, 2.45) is 10.4 Å². The SMILES string of the molecule is CN=C(NCCNC(=O)OC(C)(C)C)N1CCC2(CCCCC2)C1.I. The molecule has 1 aliphatic carbocycles. The number of rotatable bonds is 3. The number of amides is 1. The maximum atomic E-state index is 11.6. The third-order valence-corrected chi connectivity index (χ3v) is 4.94. The highest BCUT2D eigenvalue weighted by molar-refractivity contribution is 14.0. The van der Waals surface area contributed by atoms with Gasteiger partial charge in [0.25, 0.3) is 0 Å². The molecule has 146 valence electrons. The van der Waals surface area contributed by atoms with Gasteiger partial charge in [-0.15, -0.1) is 24.0 Å². The van der Waals surface area contributed by atoms with Crippen LogP contribution in [0, 0.1) is 5.41 Å². The van der Waals surface area contributed by atoms with E-state index in [-0.39, 0.29) is 30.1 Å². The summed E-state index contributed by atoms with van der Waals surface area (Å²) in [6, 6.07) is 0. The van der Waals surface area contributed by atoms with Crippen molar-refractivity contribution in [3.63, 3.8) is 0 Å². The van der Waals surface area contributed by atoms with Crippen LogP contribution in [0.15, 0.2) is 4.99 Å². The fourth-order valence-electron chi connectivity index (χ4n) is 3.81. The minimum Gasteiger partial charge on any atom is -0.444 e. The van der Waals surface area contributed by atoms with Crippen LogP contribution in [0.1, 0.15) is 59.3 Å². The van der Waals surface area contributed by atoms with Crippen LogP contribution in [0.5, 0.6) is 0 Å². The normalized spacial score (nSPS) is 20.2. The van der Waals surface area contributed by atoms with Crippen molar-refractivity contribution in [1.82, 2.24) is 15.5 Å². The van der Waals surface area contributed by atoms with Crippen molar-refractivity contribution in [2.75, 3.05) is 33.2 Å². The fraction of sp³-hybridized carbons (Fsp3) is 0.889. The summed E-state index contributed by atoms with van der Waals surface area (Å²) in [6.45, 7) is 8.96. The molecule has 6 nitrogen and oxygen atoms in total. The summed E-state index contributed by atoms with van der Waals surface area (Å²) in [5.41, 5.74) is 0.0576. The van der Waals surface area contributed by atoms with E-state index in [9.17, 15) is 4.79 Å². The number of likely N-dealkylation sites (tertiary alicyclic amines) is 1. The van der Waals surface area contributed by atoms with E-state index in [2.05, 4.69) is 20.5 Å². The number of hydrogen-bond donors (Lipinski definition) is 2. The number of hydrogen-bond acceptors (Lipinski definition) is 3. The van der Waals surface area contributed by atoms with Gasteiger partial charge in [0, 0.05) is 33.2 Å². The Morgan fingerprint density at radius 3 is 2.36 bits per heavy atom. The number of aliphatic imine (C=N–C) groups is 1. The molecule has 2 N–H and O–H groups in total.